The van der Waals surface area contributed by atoms with Gasteiger partial charge < -0.3 is 15.5 Å². The molecular weight excluding hydrogens is 280 g/mol. The predicted molar refractivity (Wildman–Crippen MR) is 83.4 cm³/mol. The Morgan fingerprint density at radius 3 is 2.91 bits per heavy atom. The fraction of sp³-hybridized carbons (Fsp3) is 0.500. The first kappa shape index (κ1) is 15.0. The van der Waals surface area contributed by atoms with E-state index in [1.807, 2.05) is 29.1 Å². The number of rotatable bonds is 6. The van der Waals surface area contributed by atoms with Crippen LogP contribution in [0.3, 0.4) is 0 Å². The van der Waals surface area contributed by atoms with Crippen LogP contribution >= 0.6 is 0 Å². The summed E-state index contributed by atoms with van der Waals surface area (Å²) in [5, 5.41) is 26.7. The zero-order valence-electron chi connectivity index (χ0n) is 12.5. The summed E-state index contributed by atoms with van der Waals surface area (Å²) in [4.78, 5) is 4.35. The van der Waals surface area contributed by atoms with E-state index in [9.17, 15) is 5.11 Å². The van der Waals surface area contributed by atoms with Crippen LogP contribution in [-0.4, -0.2) is 43.7 Å². The Balaban J connectivity index is 1.56. The van der Waals surface area contributed by atoms with Crippen molar-refractivity contribution in [2.45, 2.75) is 38.0 Å². The Morgan fingerprint density at radius 2 is 2.23 bits per heavy atom. The van der Waals surface area contributed by atoms with Crippen molar-refractivity contribution in [3.8, 4) is 0 Å². The standard InChI is InChI=1S/C16H22N4O2/c21-7-4-12-2-3-16(17-10-12)19-14-8-13(9-15(14)22)11-20-6-1-5-18-20/h1-3,5-6,10,13-15,21-22H,4,7-9,11H2,(H,17,19)/t13?,14-,15-/m1/s1. The highest BCUT2D eigenvalue weighted by Gasteiger charge is 2.33. The van der Waals surface area contributed by atoms with Crippen LogP contribution in [0, 0.1) is 5.92 Å². The van der Waals surface area contributed by atoms with Gasteiger partial charge in [-0.1, -0.05) is 6.07 Å². The van der Waals surface area contributed by atoms with Crippen LogP contribution in [0.4, 0.5) is 5.82 Å². The summed E-state index contributed by atoms with van der Waals surface area (Å²) >= 11 is 0. The number of hydrogen-bond donors (Lipinski definition) is 3. The van der Waals surface area contributed by atoms with Gasteiger partial charge in [-0.05, 0) is 42.9 Å². The zero-order chi connectivity index (χ0) is 15.4. The quantitative estimate of drug-likeness (QED) is 0.743. The maximum Gasteiger partial charge on any atom is 0.126 e. The lowest BCUT2D eigenvalue weighted by Gasteiger charge is -2.17. The summed E-state index contributed by atoms with van der Waals surface area (Å²) in [6.45, 7) is 0.968. The molecule has 0 saturated heterocycles. The molecule has 6 nitrogen and oxygen atoms in total. The average Bonchev–Trinajstić information content (AvgIpc) is 3.12. The van der Waals surface area contributed by atoms with Gasteiger partial charge in [0.15, 0.2) is 0 Å². The Labute approximate surface area is 129 Å². The van der Waals surface area contributed by atoms with Crippen LogP contribution < -0.4 is 5.32 Å². The maximum absolute atomic E-state index is 10.2. The number of nitrogens with one attached hydrogen (secondary N) is 1. The molecule has 1 aliphatic rings. The number of pyridine rings is 1. The van der Waals surface area contributed by atoms with Crippen LogP contribution in [0.2, 0.25) is 0 Å². The van der Waals surface area contributed by atoms with Crippen molar-refractivity contribution in [3.63, 3.8) is 0 Å². The minimum atomic E-state index is -0.362. The second-order valence-corrected chi connectivity index (χ2v) is 5.91. The van der Waals surface area contributed by atoms with E-state index in [1.54, 1.807) is 12.4 Å². The Bertz CT molecular complexity index is 570. The molecule has 2 aromatic rings. The number of aromatic nitrogens is 3. The fourth-order valence-electron chi connectivity index (χ4n) is 3.07. The van der Waals surface area contributed by atoms with Gasteiger partial charge in [-0.3, -0.25) is 4.68 Å². The minimum Gasteiger partial charge on any atom is -0.396 e. The highest BCUT2D eigenvalue weighted by atomic mass is 16.3. The Morgan fingerprint density at radius 1 is 1.32 bits per heavy atom. The zero-order valence-corrected chi connectivity index (χ0v) is 12.5. The van der Waals surface area contributed by atoms with Gasteiger partial charge in [0, 0.05) is 31.7 Å². The Hall–Kier alpha value is -1.92. The monoisotopic (exact) mass is 302 g/mol. The van der Waals surface area contributed by atoms with Crippen molar-refractivity contribution in [2.24, 2.45) is 5.92 Å². The van der Waals surface area contributed by atoms with Gasteiger partial charge in [-0.15, -0.1) is 0 Å². The van der Waals surface area contributed by atoms with E-state index >= 15 is 0 Å². The van der Waals surface area contributed by atoms with E-state index in [-0.39, 0.29) is 18.8 Å². The molecule has 0 spiro atoms. The number of anilines is 1. The highest BCUT2D eigenvalue weighted by molar-refractivity contribution is 5.37. The molecule has 0 aliphatic heterocycles. The molecule has 22 heavy (non-hydrogen) atoms. The largest absolute Gasteiger partial charge is 0.396 e. The first-order valence-corrected chi connectivity index (χ1v) is 7.72. The highest BCUT2D eigenvalue weighted by Crippen LogP contribution is 2.29. The average molecular weight is 302 g/mol. The second-order valence-electron chi connectivity index (χ2n) is 5.91. The van der Waals surface area contributed by atoms with Gasteiger partial charge in [0.2, 0.25) is 0 Å². The van der Waals surface area contributed by atoms with Gasteiger partial charge in [-0.2, -0.15) is 5.10 Å². The lowest BCUT2D eigenvalue weighted by atomic mass is 10.1. The van der Waals surface area contributed by atoms with E-state index in [4.69, 9.17) is 5.11 Å². The van der Waals surface area contributed by atoms with Crippen molar-refractivity contribution in [1.29, 1.82) is 0 Å². The lowest BCUT2D eigenvalue weighted by Crippen LogP contribution is -2.28. The molecule has 1 unspecified atom stereocenters. The summed E-state index contributed by atoms with van der Waals surface area (Å²) in [6, 6.07) is 5.79. The summed E-state index contributed by atoms with van der Waals surface area (Å²) in [5.41, 5.74) is 1.01. The van der Waals surface area contributed by atoms with Gasteiger partial charge >= 0.3 is 0 Å². The molecule has 0 amide bonds. The topological polar surface area (TPSA) is 83.2 Å². The molecule has 0 radical (unpaired) electrons. The molecule has 2 heterocycles. The number of nitrogens with zero attached hydrogens (tertiary/aromatic N) is 3. The van der Waals surface area contributed by atoms with Crippen molar-refractivity contribution in [2.75, 3.05) is 11.9 Å². The van der Waals surface area contributed by atoms with Crippen molar-refractivity contribution in [3.05, 3.63) is 42.4 Å². The molecule has 3 rings (SSSR count). The lowest BCUT2D eigenvalue weighted by molar-refractivity contribution is 0.166. The van der Waals surface area contributed by atoms with E-state index in [2.05, 4.69) is 15.4 Å². The van der Waals surface area contributed by atoms with Crippen LogP contribution in [0.15, 0.2) is 36.8 Å². The van der Waals surface area contributed by atoms with Crippen LogP contribution in [0.25, 0.3) is 0 Å². The van der Waals surface area contributed by atoms with E-state index < -0.39 is 0 Å². The fourth-order valence-corrected chi connectivity index (χ4v) is 3.07. The molecule has 0 bridgehead atoms. The second kappa shape index (κ2) is 6.89. The first-order valence-electron chi connectivity index (χ1n) is 7.72. The Kier molecular flexibility index (Phi) is 4.70. The van der Waals surface area contributed by atoms with E-state index in [0.29, 0.717) is 12.3 Å². The molecule has 2 aromatic heterocycles. The molecule has 1 saturated carbocycles. The van der Waals surface area contributed by atoms with Crippen molar-refractivity contribution in [1.82, 2.24) is 14.8 Å². The summed E-state index contributed by atoms with van der Waals surface area (Å²) in [7, 11) is 0. The van der Waals surface area contributed by atoms with Crippen LogP contribution in [0.1, 0.15) is 18.4 Å². The number of hydrogen-bond acceptors (Lipinski definition) is 5. The molecule has 3 atom stereocenters. The summed E-state index contributed by atoms with van der Waals surface area (Å²) in [5.74, 6) is 1.19. The van der Waals surface area contributed by atoms with E-state index in [0.717, 1.165) is 30.8 Å². The van der Waals surface area contributed by atoms with Crippen LogP contribution in [-0.2, 0) is 13.0 Å². The number of aliphatic hydroxyl groups is 2. The summed E-state index contributed by atoms with van der Waals surface area (Å²) in [6.07, 6.45) is 7.43. The normalized spacial score (nSPS) is 24.5. The molecule has 3 N–H and O–H groups in total. The van der Waals surface area contributed by atoms with Crippen LogP contribution in [0.5, 0.6) is 0 Å². The minimum absolute atomic E-state index is 0.0248. The molecular formula is C16H22N4O2. The molecule has 0 aromatic carbocycles. The molecule has 118 valence electrons. The van der Waals surface area contributed by atoms with Gasteiger partial charge in [0.1, 0.15) is 5.82 Å². The van der Waals surface area contributed by atoms with Gasteiger partial charge in [0.25, 0.3) is 0 Å². The maximum atomic E-state index is 10.2. The van der Waals surface area contributed by atoms with Crippen molar-refractivity contribution < 1.29 is 10.2 Å². The number of aliphatic hydroxyl groups excluding tert-OH is 2. The van der Waals surface area contributed by atoms with Gasteiger partial charge in [-0.25, -0.2) is 4.98 Å². The molecule has 1 fully saturated rings. The molecule has 6 heteroatoms. The smallest absolute Gasteiger partial charge is 0.126 e. The first-order chi connectivity index (χ1) is 10.7. The predicted octanol–water partition coefficient (Wildman–Crippen LogP) is 1.06. The molecule has 1 aliphatic carbocycles. The summed E-state index contributed by atoms with van der Waals surface area (Å²) < 4.78 is 1.92. The van der Waals surface area contributed by atoms with Gasteiger partial charge in [0.05, 0.1) is 12.1 Å². The third-order valence-corrected chi connectivity index (χ3v) is 4.19. The third-order valence-electron chi connectivity index (χ3n) is 4.19. The van der Waals surface area contributed by atoms with E-state index in [1.165, 1.54) is 0 Å². The van der Waals surface area contributed by atoms with Crippen molar-refractivity contribution >= 4 is 5.82 Å². The SMILES string of the molecule is OCCc1ccc(N[C@@H]2CC(Cn3cccn3)C[C@H]2O)nc1. The third kappa shape index (κ3) is 3.64.